The van der Waals surface area contributed by atoms with Gasteiger partial charge in [-0.1, -0.05) is 18.2 Å². The van der Waals surface area contributed by atoms with Gasteiger partial charge in [0.2, 0.25) is 0 Å². The molecule has 1 aromatic carbocycles. The molecule has 0 spiro atoms. The Morgan fingerprint density at radius 3 is 2.70 bits per heavy atom. The summed E-state index contributed by atoms with van der Waals surface area (Å²) in [6, 6.07) is 9.14. The average Bonchev–Trinajstić information content (AvgIpc) is 2.98. The Hall–Kier alpha value is -2.09. The summed E-state index contributed by atoms with van der Waals surface area (Å²) >= 11 is 1.44. The van der Waals surface area contributed by atoms with Crippen LogP contribution in [-0.2, 0) is 22.5 Å². The summed E-state index contributed by atoms with van der Waals surface area (Å²) in [6.45, 7) is 3.60. The van der Waals surface area contributed by atoms with Crippen molar-refractivity contribution in [2.45, 2.75) is 19.9 Å². The second-order valence-electron chi connectivity index (χ2n) is 6.07. The van der Waals surface area contributed by atoms with Crippen LogP contribution in [0.5, 0.6) is 5.75 Å². The number of esters is 1. The fourth-order valence-electron chi connectivity index (χ4n) is 2.87. The SMILES string of the molecule is CCOC(=O)c1c(NC(=O)COc2ccccc2)sc2c1CCN(C)C2.Cl. The van der Waals surface area contributed by atoms with Crippen LogP contribution in [0.15, 0.2) is 30.3 Å². The van der Waals surface area contributed by atoms with Crippen LogP contribution in [0.2, 0.25) is 0 Å². The zero-order valence-corrected chi connectivity index (χ0v) is 17.0. The molecule has 1 N–H and O–H groups in total. The summed E-state index contributed by atoms with van der Waals surface area (Å²) < 4.78 is 10.7. The van der Waals surface area contributed by atoms with E-state index in [9.17, 15) is 9.59 Å². The maximum atomic E-state index is 12.4. The van der Waals surface area contributed by atoms with Gasteiger partial charge in [0.1, 0.15) is 10.8 Å². The number of hydrogen-bond acceptors (Lipinski definition) is 6. The van der Waals surface area contributed by atoms with Crippen LogP contribution in [0.4, 0.5) is 5.00 Å². The first-order valence-corrected chi connectivity index (χ1v) is 9.38. The number of carbonyl (C=O) groups excluding carboxylic acids is 2. The Labute approximate surface area is 168 Å². The Balaban J connectivity index is 0.00000261. The Bertz CT molecular complexity index is 795. The van der Waals surface area contributed by atoms with Gasteiger partial charge in [-0.15, -0.1) is 23.7 Å². The molecule has 0 unspecified atom stereocenters. The van der Waals surface area contributed by atoms with Gasteiger partial charge in [0.15, 0.2) is 6.61 Å². The van der Waals surface area contributed by atoms with Crippen molar-refractivity contribution in [3.05, 3.63) is 46.3 Å². The number of nitrogens with zero attached hydrogens (tertiary/aromatic N) is 1. The molecule has 1 aliphatic rings. The number of fused-ring (bicyclic) bond motifs is 1. The number of rotatable bonds is 6. The van der Waals surface area contributed by atoms with Gasteiger partial charge in [-0.25, -0.2) is 4.79 Å². The monoisotopic (exact) mass is 410 g/mol. The zero-order valence-electron chi connectivity index (χ0n) is 15.3. The molecular weight excluding hydrogens is 388 g/mol. The van der Waals surface area contributed by atoms with Gasteiger partial charge >= 0.3 is 5.97 Å². The third-order valence-corrected chi connectivity index (χ3v) is 5.23. The van der Waals surface area contributed by atoms with Gasteiger partial charge in [-0.2, -0.15) is 0 Å². The van der Waals surface area contributed by atoms with Crippen molar-refractivity contribution in [2.75, 3.05) is 32.1 Å². The van der Waals surface area contributed by atoms with Gasteiger partial charge < -0.3 is 19.7 Å². The van der Waals surface area contributed by atoms with E-state index in [-0.39, 0.29) is 30.9 Å². The van der Waals surface area contributed by atoms with Gasteiger partial charge in [0.05, 0.1) is 12.2 Å². The topological polar surface area (TPSA) is 67.9 Å². The first kappa shape index (κ1) is 21.2. The molecule has 146 valence electrons. The molecule has 2 aromatic rings. The second-order valence-corrected chi connectivity index (χ2v) is 7.17. The van der Waals surface area contributed by atoms with Crippen molar-refractivity contribution in [1.29, 1.82) is 0 Å². The number of ether oxygens (including phenoxy) is 2. The third kappa shape index (κ3) is 5.22. The second kappa shape index (κ2) is 9.73. The van der Waals surface area contributed by atoms with Crippen LogP contribution in [0, 0.1) is 0 Å². The molecule has 1 amide bonds. The van der Waals surface area contributed by atoms with E-state index >= 15 is 0 Å². The molecule has 8 heteroatoms. The van der Waals surface area contributed by atoms with E-state index in [0.717, 1.165) is 30.0 Å². The van der Waals surface area contributed by atoms with Gasteiger partial charge in [0, 0.05) is 18.0 Å². The summed E-state index contributed by atoms with van der Waals surface area (Å²) in [5.74, 6) is -0.0550. The summed E-state index contributed by atoms with van der Waals surface area (Å²) in [6.07, 6.45) is 0.771. The molecule has 0 saturated carbocycles. The van der Waals surface area contributed by atoms with Gasteiger partial charge in [-0.3, -0.25) is 4.79 Å². The van der Waals surface area contributed by atoms with E-state index in [1.54, 1.807) is 19.1 Å². The van der Waals surface area contributed by atoms with Crippen molar-refractivity contribution in [3.8, 4) is 5.75 Å². The van der Waals surface area contributed by atoms with E-state index in [2.05, 4.69) is 10.2 Å². The zero-order chi connectivity index (χ0) is 18.5. The molecule has 0 fully saturated rings. The van der Waals surface area contributed by atoms with E-state index in [0.29, 0.717) is 22.9 Å². The van der Waals surface area contributed by atoms with E-state index in [1.807, 2.05) is 25.2 Å². The number of para-hydroxylation sites is 1. The average molecular weight is 411 g/mol. The molecule has 0 saturated heterocycles. The van der Waals surface area contributed by atoms with Crippen LogP contribution in [0.25, 0.3) is 0 Å². The van der Waals surface area contributed by atoms with Gasteiger partial charge in [0.25, 0.3) is 5.91 Å². The normalized spacial score (nSPS) is 13.3. The minimum Gasteiger partial charge on any atom is -0.484 e. The highest BCUT2D eigenvalue weighted by Gasteiger charge is 2.28. The van der Waals surface area contributed by atoms with Gasteiger partial charge in [-0.05, 0) is 38.1 Å². The molecule has 0 atom stereocenters. The van der Waals surface area contributed by atoms with Crippen molar-refractivity contribution >= 4 is 40.6 Å². The van der Waals surface area contributed by atoms with Crippen LogP contribution in [-0.4, -0.2) is 43.6 Å². The minimum atomic E-state index is -0.381. The molecular formula is C19H23ClN2O4S. The fraction of sp³-hybridized carbons (Fsp3) is 0.368. The van der Waals surface area contributed by atoms with E-state index in [4.69, 9.17) is 9.47 Å². The molecule has 27 heavy (non-hydrogen) atoms. The number of hydrogen-bond donors (Lipinski definition) is 1. The molecule has 0 radical (unpaired) electrons. The van der Waals surface area contributed by atoms with Crippen LogP contribution >= 0.6 is 23.7 Å². The molecule has 3 rings (SSSR count). The smallest absolute Gasteiger partial charge is 0.341 e. The fourth-order valence-corrected chi connectivity index (χ4v) is 4.20. The summed E-state index contributed by atoms with van der Waals surface area (Å²) in [5, 5.41) is 3.37. The predicted octanol–water partition coefficient (Wildman–Crippen LogP) is 3.35. The Morgan fingerprint density at radius 1 is 1.26 bits per heavy atom. The number of nitrogens with one attached hydrogen (secondary N) is 1. The minimum absolute atomic E-state index is 0. The van der Waals surface area contributed by atoms with Crippen LogP contribution in [0.1, 0.15) is 27.7 Å². The maximum Gasteiger partial charge on any atom is 0.341 e. The third-order valence-electron chi connectivity index (χ3n) is 4.09. The standard InChI is InChI=1S/C19H22N2O4S.ClH/c1-3-24-19(23)17-14-9-10-21(2)11-15(14)26-18(17)20-16(22)12-25-13-7-5-4-6-8-13;/h4-8H,3,9-12H2,1-2H3,(H,20,22);1H. The lowest BCUT2D eigenvalue weighted by Crippen LogP contribution is -2.26. The number of anilines is 1. The highest BCUT2D eigenvalue weighted by molar-refractivity contribution is 7.17. The number of amides is 1. The number of likely N-dealkylation sites (N-methyl/N-ethyl adjacent to an activating group) is 1. The number of thiophene rings is 1. The van der Waals surface area contributed by atoms with Crippen molar-refractivity contribution in [1.82, 2.24) is 4.90 Å². The number of halogens is 1. The maximum absolute atomic E-state index is 12.4. The van der Waals surface area contributed by atoms with Crippen molar-refractivity contribution in [3.63, 3.8) is 0 Å². The first-order chi connectivity index (χ1) is 12.6. The lowest BCUT2D eigenvalue weighted by molar-refractivity contribution is -0.118. The number of benzene rings is 1. The molecule has 0 bridgehead atoms. The molecule has 1 aromatic heterocycles. The quantitative estimate of drug-likeness (QED) is 0.739. The highest BCUT2D eigenvalue weighted by atomic mass is 35.5. The molecule has 6 nitrogen and oxygen atoms in total. The van der Waals surface area contributed by atoms with E-state index in [1.165, 1.54) is 11.3 Å². The predicted molar refractivity (Wildman–Crippen MR) is 108 cm³/mol. The summed E-state index contributed by atoms with van der Waals surface area (Å²) in [5.41, 5.74) is 1.49. The largest absolute Gasteiger partial charge is 0.484 e. The number of carbonyl (C=O) groups is 2. The van der Waals surface area contributed by atoms with Crippen molar-refractivity contribution < 1.29 is 19.1 Å². The Morgan fingerprint density at radius 2 is 2.00 bits per heavy atom. The first-order valence-electron chi connectivity index (χ1n) is 8.56. The molecule has 0 aliphatic carbocycles. The van der Waals surface area contributed by atoms with Crippen LogP contribution < -0.4 is 10.1 Å². The van der Waals surface area contributed by atoms with Crippen molar-refractivity contribution in [2.24, 2.45) is 0 Å². The molecule has 2 heterocycles. The lowest BCUT2D eigenvalue weighted by atomic mass is 10.0. The molecule has 1 aliphatic heterocycles. The van der Waals surface area contributed by atoms with E-state index < -0.39 is 0 Å². The lowest BCUT2D eigenvalue weighted by Gasteiger charge is -2.22. The van der Waals surface area contributed by atoms with Crippen LogP contribution in [0.3, 0.4) is 0 Å². The summed E-state index contributed by atoms with van der Waals surface area (Å²) in [7, 11) is 2.04. The summed E-state index contributed by atoms with van der Waals surface area (Å²) in [4.78, 5) is 28.0. The Kier molecular flexibility index (Phi) is 7.65. The highest BCUT2D eigenvalue weighted by Crippen LogP contribution is 2.37.